The molecule has 35 heavy (non-hydrogen) atoms. The van der Waals surface area contributed by atoms with Crippen LogP contribution in [0.15, 0.2) is 72.8 Å². The number of esters is 1. The quantitative estimate of drug-likeness (QED) is 0.321. The molecule has 6 nitrogen and oxygen atoms in total. The minimum atomic E-state index is -0.403. The molecule has 0 spiro atoms. The highest BCUT2D eigenvalue weighted by molar-refractivity contribution is 5.92. The summed E-state index contributed by atoms with van der Waals surface area (Å²) in [6.45, 7) is 2.97. The number of methoxy groups -OCH3 is 1. The largest absolute Gasteiger partial charge is 0.497 e. The lowest BCUT2D eigenvalue weighted by Crippen LogP contribution is -2.38. The normalized spacial score (nSPS) is 11.7. The van der Waals surface area contributed by atoms with Gasteiger partial charge >= 0.3 is 5.97 Å². The molecule has 0 fully saturated rings. The van der Waals surface area contributed by atoms with Gasteiger partial charge in [-0.3, -0.25) is 0 Å². The highest BCUT2D eigenvalue weighted by atomic mass is 16.5. The monoisotopic (exact) mass is 477 g/mol. The molecule has 3 rings (SSSR count). The predicted octanol–water partition coefficient (Wildman–Crippen LogP) is 5.05. The summed E-state index contributed by atoms with van der Waals surface area (Å²) in [4.78, 5) is 14.7. The molecule has 0 aromatic heterocycles. The molecule has 0 aliphatic heterocycles. The fourth-order valence-corrected chi connectivity index (χ4v) is 3.66. The highest BCUT2D eigenvalue weighted by Gasteiger charge is 2.19. The first-order valence-electron chi connectivity index (χ1n) is 11.9. The van der Waals surface area contributed by atoms with Crippen molar-refractivity contribution in [1.29, 1.82) is 0 Å². The van der Waals surface area contributed by atoms with E-state index in [0.717, 1.165) is 29.9 Å². The van der Waals surface area contributed by atoms with Crippen molar-refractivity contribution in [2.45, 2.75) is 25.8 Å². The zero-order valence-electron chi connectivity index (χ0n) is 21.0. The molecule has 0 bridgehead atoms. The summed E-state index contributed by atoms with van der Waals surface area (Å²) in [6, 6.07) is 23.2. The number of hydrogen-bond acceptors (Lipinski definition) is 6. The fraction of sp³-hybridized carbons (Fsp3) is 0.345. The first-order chi connectivity index (χ1) is 17.0. The average Bonchev–Trinajstić information content (AvgIpc) is 2.88. The van der Waals surface area contributed by atoms with E-state index in [-0.39, 0.29) is 12.6 Å². The zero-order chi connectivity index (χ0) is 25.0. The zero-order valence-corrected chi connectivity index (χ0v) is 21.0. The number of ether oxygens (including phenoxy) is 4. The van der Waals surface area contributed by atoms with E-state index in [1.54, 1.807) is 25.3 Å². The Kier molecular flexibility index (Phi) is 9.99. The van der Waals surface area contributed by atoms with Crippen LogP contribution in [0.5, 0.6) is 17.2 Å². The van der Waals surface area contributed by atoms with Gasteiger partial charge in [0.15, 0.2) is 0 Å². The van der Waals surface area contributed by atoms with Crippen molar-refractivity contribution in [3.8, 4) is 17.2 Å². The Morgan fingerprint density at radius 2 is 1.60 bits per heavy atom. The van der Waals surface area contributed by atoms with Crippen LogP contribution >= 0.6 is 0 Å². The molecule has 0 aliphatic carbocycles. The standard InChI is InChI=1S/C29H35NO5/c1-5-33-28-16-9-7-14-26(28)29(31)35-21-24(30(2)3)20-34-27-15-8-6-12-23(27)18-17-22-11-10-13-25(19-22)32-4/h6-16,19,24H,5,17-18,20-21H2,1-4H3. The van der Waals surface area contributed by atoms with E-state index in [2.05, 4.69) is 18.2 Å². The van der Waals surface area contributed by atoms with Crippen LogP contribution in [0.2, 0.25) is 0 Å². The third kappa shape index (κ3) is 7.76. The molecule has 3 aromatic rings. The van der Waals surface area contributed by atoms with Crippen LogP contribution in [-0.2, 0) is 17.6 Å². The van der Waals surface area contributed by atoms with Gasteiger partial charge in [-0.15, -0.1) is 0 Å². The number of carbonyl (C=O) groups excluding carboxylic acids is 1. The van der Waals surface area contributed by atoms with Gasteiger partial charge in [0.25, 0.3) is 0 Å². The maximum Gasteiger partial charge on any atom is 0.341 e. The Balaban J connectivity index is 1.59. The number of benzene rings is 3. The number of para-hydroxylation sites is 2. The van der Waals surface area contributed by atoms with Gasteiger partial charge in [-0.05, 0) is 75.3 Å². The van der Waals surface area contributed by atoms with Gasteiger partial charge in [-0.2, -0.15) is 0 Å². The van der Waals surface area contributed by atoms with E-state index in [1.165, 1.54) is 5.56 Å². The molecular weight excluding hydrogens is 442 g/mol. The topological polar surface area (TPSA) is 57.2 Å². The third-order valence-corrected chi connectivity index (χ3v) is 5.76. The SMILES string of the molecule is CCOc1ccccc1C(=O)OCC(COc1ccccc1CCc1cccc(OC)c1)N(C)C. The lowest BCUT2D eigenvalue weighted by Gasteiger charge is -2.25. The number of nitrogens with zero attached hydrogens (tertiary/aromatic N) is 1. The Hall–Kier alpha value is -3.51. The molecule has 0 aliphatic rings. The summed E-state index contributed by atoms with van der Waals surface area (Å²) in [5.41, 5.74) is 2.77. The maximum absolute atomic E-state index is 12.7. The average molecular weight is 478 g/mol. The van der Waals surface area contributed by atoms with Crippen molar-refractivity contribution in [3.63, 3.8) is 0 Å². The van der Waals surface area contributed by atoms with E-state index < -0.39 is 5.97 Å². The molecule has 0 heterocycles. The number of carbonyl (C=O) groups is 1. The molecule has 1 unspecified atom stereocenters. The van der Waals surface area contributed by atoms with E-state index in [1.807, 2.05) is 62.3 Å². The second kappa shape index (κ2) is 13.4. The summed E-state index contributed by atoms with van der Waals surface area (Å²) in [7, 11) is 5.58. The molecule has 0 radical (unpaired) electrons. The Morgan fingerprint density at radius 3 is 2.34 bits per heavy atom. The van der Waals surface area contributed by atoms with Crippen LogP contribution in [0.3, 0.4) is 0 Å². The molecule has 6 heteroatoms. The van der Waals surface area contributed by atoms with Crippen LogP contribution in [0, 0.1) is 0 Å². The molecule has 0 saturated heterocycles. The second-order valence-electron chi connectivity index (χ2n) is 8.42. The smallest absolute Gasteiger partial charge is 0.341 e. The first kappa shape index (κ1) is 26.1. The van der Waals surface area contributed by atoms with Crippen LogP contribution < -0.4 is 14.2 Å². The predicted molar refractivity (Wildman–Crippen MR) is 138 cm³/mol. The van der Waals surface area contributed by atoms with E-state index in [0.29, 0.717) is 24.5 Å². The Bertz CT molecular complexity index is 1080. The van der Waals surface area contributed by atoms with Crippen molar-refractivity contribution in [2.24, 2.45) is 0 Å². The lowest BCUT2D eigenvalue weighted by atomic mass is 10.0. The summed E-state index contributed by atoms with van der Waals surface area (Å²) in [5.74, 6) is 1.83. The van der Waals surface area contributed by atoms with Crippen molar-refractivity contribution < 1.29 is 23.7 Å². The van der Waals surface area contributed by atoms with Gasteiger partial charge < -0.3 is 23.8 Å². The van der Waals surface area contributed by atoms with Gasteiger partial charge in [0.1, 0.15) is 36.0 Å². The lowest BCUT2D eigenvalue weighted by molar-refractivity contribution is 0.0339. The van der Waals surface area contributed by atoms with Crippen molar-refractivity contribution >= 4 is 5.97 Å². The molecule has 186 valence electrons. The van der Waals surface area contributed by atoms with E-state index in [4.69, 9.17) is 18.9 Å². The minimum Gasteiger partial charge on any atom is -0.497 e. The van der Waals surface area contributed by atoms with Gasteiger partial charge in [-0.1, -0.05) is 42.5 Å². The first-order valence-corrected chi connectivity index (χ1v) is 11.9. The van der Waals surface area contributed by atoms with Gasteiger partial charge in [0, 0.05) is 0 Å². The number of hydrogen-bond donors (Lipinski definition) is 0. The maximum atomic E-state index is 12.7. The van der Waals surface area contributed by atoms with Crippen molar-refractivity contribution in [3.05, 3.63) is 89.5 Å². The van der Waals surface area contributed by atoms with Crippen LogP contribution in [-0.4, -0.2) is 57.9 Å². The molecule has 3 aromatic carbocycles. The third-order valence-electron chi connectivity index (χ3n) is 5.76. The van der Waals surface area contributed by atoms with E-state index in [9.17, 15) is 4.79 Å². The Labute approximate surface area is 208 Å². The van der Waals surface area contributed by atoms with Crippen molar-refractivity contribution in [1.82, 2.24) is 4.90 Å². The van der Waals surface area contributed by atoms with E-state index >= 15 is 0 Å². The summed E-state index contributed by atoms with van der Waals surface area (Å²) in [6.07, 6.45) is 1.73. The second-order valence-corrected chi connectivity index (χ2v) is 8.42. The number of rotatable bonds is 13. The number of likely N-dealkylation sites (N-methyl/N-ethyl adjacent to an activating group) is 1. The van der Waals surface area contributed by atoms with Gasteiger partial charge in [0.05, 0.1) is 19.8 Å². The molecule has 1 atom stereocenters. The minimum absolute atomic E-state index is 0.107. The van der Waals surface area contributed by atoms with Crippen LogP contribution in [0.4, 0.5) is 0 Å². The van der Waals surface area contributed by atoms with Gasteiger partial charge in [-0.25, -0.2) is 4.79 Å². The van der Waals surface area contributed by atoms with Crippen LogP contribution in [0.1, 0.15) is 28.4 Å². The molecular formula is C29H35NO5. The summed E-state index contributed by atoms with van der Waals surface area (Å²) < 4.78 is 22.7. The van der Waals surface area contributed by atoms with Crippen molar-refractivity contribution in [2.75, 3.05) is 41.0 Å². The fourth-order valence-electron chi connectivity index (χ4n) is 3.66. The summed E-state index contributed by atoms with van der Waals surface area (Å²) >= 11 is 0. The van der Waals surface area contributed by atoms with Crippen LogP contribution in [0.25, 0.3) is 0 Å². The molecule has 0 saturated carbocycles. The molecule has 0 amide bonds. The summed E-state index contributed by atoms with van der Waals surface area (Å²) in [5, 5.41) is 0. The highest BCUT2D eigenvalue weighted by Crippen LogP contribution is 2.22. The Morgan fingerprint density at radius 1 is 0.857 bits per heavy atom. The number of aryl methyl sites for hydroxylation is 2. The van der Waals surface area contributed by atoms with Gasteiger partial charge in [0.2, 0.25) is 0 Å². The molecule has 0 N–H and O–H groups in total.